The van der Waals surface area contributed by atoms with Crippen molar-refractivity contribution in [2.24, 2.45) is 0 Å². The molecule has 0 aromatic heterocycles. The first-order valence-corrected chi connectivity index (χ1v) is 7.54. The lowest BCUT2D eigenvalue weighted by molar-refractivity contribution is -0.137. The van der Waals surface area contributed by atoms with Crippen molar-refractivity contribution in [1.82, 2.24) is 0 Å². The second kappa shape index (κ2) is 5.76. The summed E-state index contributed by atoms with van der Waals surface area (Å²) >= 11 is 0. The fourth-order valence-electron chi connectivity index (χ4n) is 3.35. The van der Waals surface area contributed by atoms with Crippen LogP contribution in [-0.2, 0) is 9.59 Å². The number of fused-ring (bicyclic) bond motifs is 3. The van der Waals surface area contributed by atoms with Crippen LogP contribution in [0, 0.1) is 0 Å². The van der Waals surface area contributed by atoms with Crippen molar-refractivity contribution in [2.45, 2.75) is 38.1 Å². The predicted molar refractivity (Wildman–Crippen MR) is 80.6 cm³/mol. The largest absolute Gasteiger partial charge is 0.481 e. The molecular weight excluding hydrogens is 268 g/mol. The third-order valence-electron chi connectivity index (χ3n) is 4.33. The third-order valence-corrected chi connectivity index (χ3v) is 4.33. The molecular formula is C16H20N2O3. The summed E-state index contributed by atoms with van der Waals surface area (Å²) in [6, 6.07) is 8.42. The Morgan fingerprint density at radius 1 is 1.19 bits per heavy atom. The van der Waals surface area contributed by atoms with E-state index in [1.807, 2.05) is 23.1 Å². The maximum Gasteiger partial charge on any atom is 0.303 e. The molecule has 1 amide bonds. The van der Waals surface area contributed by atoms with Crippen LogP contribution in [0.3, 0.4) is 0 Å². The topological polar surface area (TPSA) is 60.9 Å². The van der Waals surface area contributed by atoms with Crippen LogP contribution >= 0.6 is 0 Å². The van der Waals surface area contributed by atoms with E-state index in [1.165, 1.54) is 6.42 Å². The summed E-state index contributed by atoms with van der Waals surface area (Å²) in [7, 11) is 0. The van der Waals surface area contributed by atoms with Crippen LogP contribution in [0.4, 0.5) is 11.4 Å². The standard InChI is InChI=1S/C16H20N2O3/c19-15(8-3-9-16(20)21)18-11-12-5-4-10-17(12)13-6-1-2-7-14(13)18/h1-2,6-7,12H,3-5,8-11H2,(H,20,21). The van der Waals surface area contributed by atoms with Crippen LogP contribution in [0.2, 0.25) is 0 Å². The van der Waals surface area contributed by atoms with Gasteiger partial charge in [-0.1, -0.05) is 12.1 Å². The number of carboxylic acid groups (broad SMARTS) is 1. The van der Waals surface area contributed by atoms with Gasteiger partial charge in [0.25, 0.3) is 0 Å². The van der Waals surface area contributed by atoms with Gasteiger partial charge in [-0.15, -0.1) is 0 Å². The van der Waals surface area contributed by atoms with Crippen LogP contribution in [-0.4, -0.2) is 36.1 Å². The van der Waals surface area contributed by atoms with Gasteiger partial charge in [-0.25, -0.2) is 0 Å². The van der Waals surface area contributed by atoms with Crippen molar-refractivity contribution in [3.8, 4) is 0 Å². The Morgan fingerprint density at radius 2 is 1.95 bits per heavy atom. The zero-order chi connectivity index (χ0) is 14.8. The van der Waals surface area contributed by atoms with Crippen LogP contribution in [0.1, 0.15) is 32.1 Å². The monoisotopic (exact) mass is 288 g/mol. The summed E-state index contributed by atoms with van der Waals surface area (Å²) in [5.41, 5.74) is 2.11. The summed E-state index contributed by atoms with van der Waals surface area (Å²) in [6.07, 6.45) is 3.04. The summed E-state index contributed by atoms with van der Waals surface area (Å²) in [5.74, 6) is -0.806. The Hall–Kier alpha value is -2.04. The third kappa shape index (κ3) is 2.73. The van der Waals surface area contributed by atoms with Crippen molar-refractivity contribution in [3.63, 3.8) is 0 Å². The van der Waals surface area contributed by atoms with E-state index in [0.717, 1.165) is 30.9 Å². The number of nitrogens with zero attached hydrogens (tertiary/aromatic N) is 2. The minimum absolute atomic E-state index is 0.0373. The van der Waals surface area contributed by atoms with Gasteiger partial charge in [0.15, 0.2) is 0 Å². The molecule has 1 N–H and O–H groups in total. The number of amides is 1. The summed E-state index contributed by atoms with van der Waals surface area (Å²) in [6.45, 7) is 1.78. The molecule has 1 atom stereocenters. The minimum Gasteiger partial charge on any atom is -0.481 e. The van der Waals surface area contributed by atoms with Gasteiger partial charge in [-0.2, -0.15) is 0 Å². The summed E-state index contributed by atoms with van der Waals surface area (Å²) in [4.78, 5) is 27.3. The Balaban J connectivity index is 1.78. The molecule has 2 heterocycles. The van der Waals surface area contributed by atoms with Crippen LogP contribution in [0.5, 0.6) is 0 Å². The number of aliphatic carboxylic acids is 1. The average Bonchev–Trinajstić information content (AvgIpc) is 2.94. The van der Waals surface area contributed by atoms with Crippen molar-refractivity contribution < 1.29 is 14.7 Å². The first-order chi connectivity index (χ1) is 10.2. The highest BCUT2D eigenvalue weighted by molar-refractivity contribution is 5.98. The molecule has 0 spiro atoms. The maximum absolute atomic E-state index is 12.4. The SMILES string of the molecule is O=C(O)CCCC(=O)N1CC2CCCN2c2ccccc21. The lowest BCUT2D eigenvalue weighted by atomic mass is 10.1. The molecule has 2 aliphatic heterocycles. The molecule has 3 rings (SSSR count). The Kier molecular flexibility index (Phi) is 3.82. The first-order valence-electron chi connectivity index (χ1n) is 7.54. The number of para-hydroxylation sites is 2. The van der Waals surface area contributed by atoms with E-state index in [1.54, 1.807) is 0 Å². The van der Waals surface area contributed by atoms with Gasteiger partial charge in [0, 0.05) is 32.0 Å². The predicted octanol–water partition coefficient (Wildman–Crippen LogP) is 2.26. The van der Waals surface area contributed by atoms with Gasteiger partial charge >= 0.3 is 5.97 Å². The molecule has 2 aliphatic rings. The van der Waals surface area contributed by atoms with Crippen molar-refractivity contribution in [2.75, 3.05) is 22.9 Å². The highest BCUT2D eigenvalue weighted by Gasteiger charge is 2.35. The van der Waals surface area contributed by atoms with E-state index in [-0.39, 0.29) is 12.3 Å². The lowest BCUT2D eigenvalue weighted by Crippen LogP contribution is -2.48. The Labute approximate surface area is 124 Å². The van der Waals surface area contributed by atoms with Gasteiger partial charge in [0.05, 0.1) is 11.4 Å². The van der Waals surface area contributed by atoms with E-state index in [4.69, 9.17) is 5.11 Å². The van der Waals surface area contributed by atoms with E-state index in [2.05, 4.69) is 11.0 Å². The number of carboxylic acids is 1. The highest BCUT2D eigenvalue weighted by Crippen LogP contribution is 2.39. The molecule has 0 bridgehead atoms. The lowest BCUT2D eigenvalue weighted by Gasteiger charge is -2.40. The van der Waals surface area contributed by atoms with Gasteiger partial charge in [-0.3, -0.25) is 9.59 Å². The van der Waals surface area contributed by atoms with Gasteiger partial charge in [0.2, 0.25) is 5.91 Å². The first kappa shape index (κ1) is 13.9. The molecule has 0 radical (unpaired) electrons. The average molecular weight is 288 g/mol. The zero-order valence-electron chi connectivity index (χ0n) is 12.0. The minimum atomic E-state index is -0.844. The van der Waals surface area contributed by atoms with E-state index in [0.29, 0.717) is 18.9 Å². The van der Waals surface area contributed by atoms with Crippen molar-refractivity contribution >= 4 is 23.3 Å². The molecule has 1 fully saturated rings. The quantitative estimate of drug-likeness (QED) is 0.923. The van der Waals surface area contributed by atoms with Gasteiger partial charge in [0.1, 0.15) is 0 Å². The molecule has 5 nitrogen and oxygen atoms in total. The van der Waals surface area contributed by atoms with Crippen molar-refractivity contribution in [3.05, 3.63) is 24.3 Å². The molecule has 1 aromatic carbocycles. The molecule has 112 valence electrons. The molecule has 1 aromatic rings. The number of anilines is 2. The fourth-order valence-corrected chi connectivity index (χ4v) is 3.35. The highest BCUT2D eigenvalue weighted by atomic mass is 16.4. The molecule has 0 aliphatic carbocycles. The fraction of sp³-hybridized carbons (Fsp3) is 0.500. The van der Waals surface area contributed by atoms with Crippen molar-refractivity contribution in [1.29, 1.82) is 0 Å². The molecule has 5 heteroatoms. The number of rotatable bonds is 4. The molecule has 1 unspecified atom stereocenters. The molecule has 1 saturated heterocycles. The normalized spacial score (nSPS) is 20.1. The van der Waals surface area contributed by atoms with Crippen LogP contribution in [0.25, 0.3) is 0 Å². The Bertz CT molecular complexity index is 558. The Morgan fingerprint density at radius 3 is 2.71 bits per heavy atom. The smallest absolute Gasteiger partial charge is 0.303 e. The maximum atomic E-state index is 12.4. The number of hydrogen-bond donors (Lipinski definition) is 1. The number of hydrogen-bond acceptors (Lipinski definition) is 3. The number of benzene rings is 1. The number of carbonyl (C=O) groups is 2. The summed E-state index contributed by atoms with van der Waals surface area (Å²) in [5, 5.41) is 8.69. The van der Waals surface area contributed by atoms with Crippen LogP contribution in [0.15, 0.2) is 24.3 Å². The second-order valence-corrected chi connectivity index (χ2v) is 5.73. The van der Waals surface area contributed by atoms with Crippen LogP contribution < -0.4 is 9.80 Å². The summed E-state index contributed by atoms with van der Waals surface area (Å²) < 4.78 is 0. The molecule has 0 saturated carbocycles. The second-order valence-electron chi connectivity index (χ2n) is 5.73. The van der Waals surface area contributed by atoms with Gasteiger partial charge < -0.3 is 14.9 Å². The zero-order valence-corrected chi connectivity index (χ0v) is 12.0. The molecule has 21 heavy (non-hydrogen) atoms. The van der Waals surface area contributed by atoms with Gasteiger partial charge in [-0.05, 0) is 31.4 Å². The number of carbonyl (C=O) groups excluding carboxylic acids is 1. The van der Waals surface area contributed by atoms with E-state index < -0.39 is 5.97 Å². The van der Waals surface area contributed by atoms with E-state index in [9.17, 15) is 9.59 Å². The van der Waals surface area contributed by atoms with E-state index >= 15 is 0 Å².